The SMILES string of the molecule is CCCCCCCC(=O)SCCC[Si]Oc1cc(OCC)c(C(C)C)c(OCC)c1C(C)C. The van der Waals surface area contributed by atoms with Gasteiger partial charge in [0.2, 0.25) is 0 Å². The normalized spacial score (nSPS) is 11.3. The molecule has 33 heavy (non-hydrogen) atoms. The van der Waals surface area contributed by atoms with Gasteiger partial charge in [-0.2, -0.15) is 0 Å². The molecule has 0 fully saturated rings. The minimum absolute atomic E-state index is 0.282. The molecular weight excluding hydrogens is 448 g/mol. The molecule has 0 N–H and O–H groups in total. The molecule has 1 aromatic carbocycles. The molecule has 0 heterocycles. The van der Waals surface area contributed by atoms with Gasteiger partial charge in [0.15, 0.2) is 5.12 Å². The third kappa shape index (κ3) is 10.8. The molecule has 1 aromatic rings. The fraction of sp³-hybridized carbons (Fsp3) is 0.741. The fourth-order valence-electron chi connectivity index (χ4n) is 3.80. The van der Waals surface area contributed by atoms with Crippen LogP contribution in [0.25, 0.3) is 0 Å². The third-order valence-corrected chi connectivity index (χ3v) is 7.32. The van der Waals surface area contributed by atoms with Gasteiger partial charge in [0.25, 0.3) is 0 Å². The third-order valence-electron chi connectivity index (χ3n) is 5.38. The van der Waals surface area contributed by atoms with E-state index in [4.69, 9.17) is 13.9 Å². The Bertz CT molecular complexity index is 691. The van der Waals surface area contributed by atoms with Crippen LogP contribution in [0.15, 0.2) is 6.07 Å². The van der Waals surface area contributed by atoms with Gasteiger partial charge in [-0.05, 0) is 44.6 Å². The molecule has 0 amide bonds. The Hall–Kier alpha value is -1.14. The maximum atomic E-state index is 12.0. The van der Waals surface area contributed by atoms with Crippen LogP contribution in [0.1, 0.15) is 116 Å². The molecule has 6 heteroatoms. The molecule has 0 aliphatic rings. The minimum atomic E-state index is 0.282. The largest absolute Gasteiger partial charge is 0.540 e. The Morgan fingerprint density at radius 3 is 2.12 bits per heavy atom. The summed E-state index contributed by atoms with van der Waals surface area (Å²) in [5, 5.41) is 0.338. The van der Waals surface area contributed by atoms with Crippen molar-refractivity contribution in [2.75, 3.05) is 19.0 Å². The summed E-state index contributed by atoms with van der Waals surface area (Å²) in [5.74, 6) is 4.11. The molecule has 0 aliphatic carbocycles. The highest BCUT2D eigenvalue weighted by atomic mass is 32.2. The highest BCUT2D eigenvalue weighted by Crippen LogP contribution is 2.46. The van der Waals surface area contributed by atoms with Crippen LogP contribution in [0.2, 0.25) is 6.04 Å². The molecule has 1 rings (SSSR count). The van der Waals surface area contributed by atoms with Crippen LogP contribution < -0.4 is 13.9 Å². The van der Waals surface area contributed by atoms with Gasteiger partial charge in [-0.15, -0.1) is 0 Å². The number of hydrogen-bond acceptors (Lipinski definition) is 5. The Kier molecular flexibility index (Phi) is 15.7. The van der Waals surface area contributed by atoms with E-state index < -0.39 is 0 Å². The average molecular weight is 495 g/mol. The maximum Gasteiger partial charge on any atom is 0.310 e. The monoisotopic (exact) mass is 494 g/mol. The van der Waals surface area contributed by atoms with Crippen molar-refractivity contribution in [1.82, 2.24) is 0 Å². The molecule has 0 saturated carbocycles. The smallest absolute Gasteiger partial charge is 0.310 e. The number of hydrogen-bond donors (Lipinski definition) is 0. The van der Waals surface area contributed by atoms with Gasteiger partial charge in [-0.3, -0.25) is 4.79 Å². The molecule has 0 aliphatic heterocycles. The van der Waals surface area contributed by atoms with Gasteiger partial charge in [0.1, 0.15) is 17.2 Å². The Morgan fingerprint density at radius 1 is 0.879 bits per heavy atom. The number of carbonyl (C=O) groups is 1. The summed E-state index contributed by atoms with van der Waals surface area (Å²) < 4.78 is 18.4. The predicted molar refractivity (Wildman–Crippen MR) is 144 cm³/mol. The summed E-state index contributed by atoms with van der Waals surface area (Å²) in [7, 11) is 0.355. The van der Waals surface area contributed by atoms with Crippen molar-refractivity contribution in [1.29, 1.82) is 0 Å². The second-order valence-electron chi connectivity index (χ2n) is 8.94. The first-order chi connectivity index (χ1) is 15.9. The van der Waals surface area contributed by atoms with Crippen molar-refractivity contribution in [3.63, 3.8) is 0 Å². The average Bonchev–Trinajstić information content (AvgIpc) is 2.75. The second kappa shape index (κ2) is 17.3. The van der Waals surface area contributed by atoms with E-state index in [0.717, 1.165) is 53.0 Å². The number of rotatable bonds is 18. The predicted octanol–water partition coefficient (Wildman–Crippen LogP) is 8.16. The Balaban J connectivity index is 2.67. The molecule has 0 spiro atoms. The van der Waals surface area contributed by atoms with Crippen LogP contribution in [-0.4, -0.2) is 33.8 Å². The summed E-state index contributed by atoms with van der Waals surface area (Å²) in [5.41, 5.74) is 2.26. The van der Waals surface area contributed by atoms with Gasteiger partial charge < -0.3 is 13.9 Å². The first-order valence-corrected chi connectivity index (χ1v) is 15.0. The molecular formula is C27H46O4SSi. The molecule has 0 unspecified atom stereocenters. The molecule has 2 radical (unpaired) electrons. The number of ether oxygens (including phenoxy) is 2. The van der Waals surface area contributed by atoms with Crippen LogP contribution in [-0.2, 0) is 4.79 Å². The van der Waals surface area contributed by atoms with Crippen molar-refractivity contribution in [2.24, 2.45) is 0 Å². The minimum Gasteiger partial charge on any atom is -0.540 e. The Labute approximate surface area is 209 Å². The summed E-state index contributed by atoms with van der Waals surface area (Å²) >= 11 is 1.49. The number of thioether (sulfide) groups is 1. The summed E-state index contributed by atoms with van der Waals surface area (Å²) in [6.45, 7) is 16.2. The highest BCUT2D eigenvalue weighted by molar-refractivity contribution is 8.13. The lowest BCUT2D eigenvalue weighted by atomic mass is 9.92. The number of unbranched alkanes of at least 4 members (excludes halogenated alkanes) is 4. The number of benzene rings is 1. The van der Waals surface area contributed by atoms with Crippen molar-refractivity contribution >= 4 is 26.6 Å². The lowest BCUT2D eigenvalue weighted by molar-refractivity contribution is -0.111. The number of carbonyl (C=O) groups excluding carboxylic acids is 1. The molecule has 0 atom stereocenters. The van der Waals surface area contributed by atoms with E-state index in [9.17, 15) is 4.79 Å². The van der Waals surface area contributed by atoms with Gasteiger partial charge in [0, 0.05) is 29.4 Å². The molecule has 0 bridgehead atoms. The lowest BCUT2D eigenvalue weighted by Gasteiger charge is -2.25. The van der Waals surface area contributed by atoms with Crippen LogP contribution in [0.5, 0.6) is 17.2 Å². The summed E-state index contributed by atoms with van der Waals surface area (Å²) in [6.07, 6.45) is 7.68. The summed E-state index contributed by atoms with van der Waals surface area (Å²) in [6, 6.07) is 3.01. The van der Waals surface area contributed by atoms with Crippen LogP contribution in [0, 0.1) is 0 Å². The van der Waals surface area contributed by atoms with E-state index in [0.29, 0.717) is 40.4 Å². The van der Waals surface area contributed by atoms with E-state index in [-0.39, 0.29) is 5.92 Å². The second-order valence-corrected chi connectivity index (χ2v) is 11.1. The van der Waals surface area contributed by atoms with Gasteiger partial charge >= 0.3 is 9.76 Å². The zero-order valence-electron chi connectivity index (χ0n) is 22.1. The van der Waals surface area contributed by atoms with Crippen LogP contribution >= 0.6 is 11.8 Å². The van der Waals surface area contributed by atoms with E-state index in [1.54, 1.807) is 0 Å². The molecule has 188 valence electrons. The van der Waals surface area contributed by atoms with Crippen molar-refractivity contribution in [2.45, 2.75) is 111 Å². The van der Waals surface area contributed by atoms with Crippen molar-refractivity contribution < 1.29 is 18.7 Å². The quantitative estimate of drug-likeness (QED) is 0.152. The summed E-state index contributed by atoms with van der Waals surface area (Å²) in [4.78, 5) is 12.0. The van der Waals surface area contributed by atoms with Crippen LogP contribution in [0.3, 0.4) is 0 Å². The first-order valence-electron chi connectivity index (χ1n) is 12.9. The maximum absolute atomic E-state index is 12.0. The lowest BCUT2D eigenvalue weighted by Crippen LogP contribution is -2.11. The Morgan fingerprint density at radius 2 is 1.52 bits per heavy atom. The molecule has 0 saturated heterocycles. The van der Waals surface area contributed by atoms with Crippen LogP contribution in [0.4, 0.5) is 0 Å². The van der Waals surface area contributed by atoms with Crippen molar-refractivity contribution in [3.05, 3.63) is 17.2 Å². The van der Waals surface area contributed by atoms with E-state index in [1.807, 2.05) is 13.8 Å². The standard InChI is InChI=1S/C27H46O4SSi/c1-8-11-12-13-14-16-24(28)32-17-15-18-33-31-23-19-22(29-9-2)25(20(4)5)27(30-10-3)26(23)21(6)7/h19-21H,8-18H2,1-7H3. The highest BCUT2D eigenvalue weighted by Gasteiger charge is 2.25. The topological polar surface area (TPSA) is 44.8 Å². The zero-order valence-corrected chi connectivity index (χ0v) is 23.9. The van der Waals surface area contributed by atoms with Gasteiger partial charge in [-0.1, -0.05) is 72.1 Å². The molecule has 4 nitrogen and oxygen atoms in total. The van der Waals surface area contributed by atoms with E-state index in [2.05, 4.69) is 40.7 Å². The first kappa shape index (κ1) is 29.9. The fourth-order valence-corrected chi connectivity index (χ4v) is 5.61. The van der Waals surface area contributed by atoms with Gasteiger partial charge in [0.05, 0.1) is 13.2 Å². The van der Waals surface area contributed by atoms with E-state index in [1.165, 1.54) is 37.4 Å². The zero-order chi connectivity index (χ0) is 24.6. The van der Waals surface area contributed by atoms with Gasteiger partial charge in [-0.25, -0.2) is 0 Å². The molecule has 0 aromatic heterocycles. The van der Waals surface area contributed by atoms with E-state index >= 15 is 0 Å². The van der Waals surface area contributed by atoms with Crippen molar-refractivity contribution in [3.8, 4) is 17.2 Å².